The molecule has 2 aromatic carbocycles. The summed E-state index contributed by atoms with van der Waals surface area (Å²) >= 11 is 0. The molecule has 1 atom stereocenters. The predicted molar refractivity (Wildman–Crippen MR) is 134 cm³/mol. The van der Waals surface area contributed by atoms with Crippen LogP contribution in [-0.4, -0.2) is 37.4 Å². The van der Waals surface area contributed by atoms with E-state index < -0.39 is 0 Å². The molecule has 6 nitrogen and oxygen atoms in total. The third-order valence-electron chi connectivity index (χ3n) is 4.35. The van der Waals surface area contributed by atoms with E-state index in [1.165, 1.54) is 0 Å². The Hall–Kier alpha value is -2.16. The number of nitrogens with zero attached hydrogens (tertiary/aromatic N) is 1. The SMILES string of the molecule is CCNC(=NCCc1cccc(O)c1)NC(C)c1ccc(OCC)c(OCC)c1.I. The van der Waals surface area contributed by atoms with Gasteiger partial charge in [-0.25, -0.2) is 0 Å². The second-order valence-corrected chi connectivity index (χ2v) is 6.62. The molecule has 0 heterocycles. The van der Waals surface area contributed by atoms with Crippen molar-refractivity contribution >= 4 is 29.9 Å². The van der Waals surface area contributed by atoms with Crippen molar-refractivity contribution in [3.05, 3.63) is 53.6 Å². The van der Waals surface area contributed by atoms with Gasteiger partial charge in [-0.15, -0.1) is 24.0 Å². The molecule has 0 aliphatic rings. The zero-order chi connectivity index (χ0) is 21.1. The van der Waals surface area contributed by atoms with E-state index in [0.717, 1.165) is 41.6 Å². The van der Waals surface area contributed by atoms with E-state index in [4.69, 9.17) is 9.47 Å². The normalized spacial score (nSPS) is 11.9. The molecular weight excluding hydrogens is 493 g/mol. The first-order valence-corrected chi connectivity index (χ1v) is 10.3. The Balaban J connectivity index is 0.00000450. The number of hydrogen-bond acceptors (Lipinski definition) is 4. The van der Waals surface area contributed by atoms with Crippen molar-refractivity contribution in [1.29, 1.82) is 0 Å². The van der Waals surface area contributed by atoms with Crippen molar-refractivity contribution in [2.75, 3.05) is 26.3 Å². The van der Waals surface area contributed by atoms with Gasteiger partial charge in [0, 0.05) is 13.1 Å². The fourth-order valence-electron chi connectivity index (χ4n) is 2.95. The first-order valence-electron chi connectivity index (χ1n) is 10.3. The minimum Gasteiger partial charge on any atom is -0.508 e. The Morgan fingerprint density at radius 2 is 1.77 bits per heavy atom. The van der Waals surface area contributed by atoms with Crippen LogP contribution in [0.1, 0.15) is 44.9 Å². The summed E-state index contributed by atoms with van der Waals surface area (Å²) in [5, 5.41) is 16.3. The summed E-state index contributed by atoms with van der Waals surface area (Å²) in [5.74, 6) is 2.56. The third-order valence-corrected chi connectivity index (χ3v) is 4.35. The van der Waals surface area contributed by atoms with Crippen molar-refractivity contribution in [3.8, 4) is 17.2 Å². The maximum Gasteiger partial charge on any atom is 0.191 e. The quantitative estimate of drug-likeness (QED) is 0.238. The monoisotopic (exact) mass is 527 g/mol. The predicted octanol–water partition coefficient (Wildman–Crippen LogP) is 4.67. The van der Waals surface area contributed by atoms with Gasteiger partial charge in [0.15, 0.2) is 17.5 Å². The van der Waals surface area contributed by atoms with Gasteiger partial charge in [0.1, 0.15) is 5.75 Å². The number of rotatable bonds is 10. The number of halogens is 1. The third kappa shape index (κ3) is 8.30. The highest BCUT2D eigenvalue weighted by molar-refractivity contribution is 14.0. The molecule has 0 radical (unpaired) electrons. The van der Waals surface area contributed by atoms with Crippen molar-refractivity contribution in [2.45, 2.75) is 40.2 Å². The van der Waals surface area contributed by atoms with Gasteiger partial charge in [-0.2, -0.15) is 0 Å². The largest absolute Gasteiger partial charge is 0.508 e. The van der Waals surface area contributed by atoms with Crippen LogP contribution in [0, 0.1) is 0 Å². The summed E-state index contributed by atoms with van der Waals surface area (Å²) in [5.41, 5.74) is 2.15. The van der Waals surface area contributed by atoms with Gasteiger partial charge in [0.05, 0.1) is 19.3 Å². The molecule has 0 fully saturated rings. The van der Waals surface area contributed by atoms with Crippen LogP contribution in [-0.2, 0) is 6.42 Å². The van der Waals surface area contributed by atoms with Crippen LogP contribution in [0.25, 0.3) is 0 Å². The van der Waals surface area contributed by atoms with E-state index >= 15 is 0 Å². The molecule has 0 bridgehead atoms. The number of nitrogens with one attached hydrogen (secondary N) is 2. The molecule has 0 spiro atoms. The lowest BCUT2D eigenvalue weighted by Crippen LogP contribution is -2.38. The topological polar surface area (TPSA) is 75.1 Å². The highest BCUT2D eigenvalue weighted by atomic mass is 127. The number of aromatic hydroxyl groups is 1. The summed E-state index contributed by atoms with van der Waals surface area (Å²) in [6.07, 6.45) is 0.761. The van der Waals surface area contributed by atoms with Crippen molar-refractivity contribution < 1.29 is 14.6 Å². The molecule has 2 aromatic rings. The fourth-order valence-corrected chi connectivity index (χ4v) is 2.95. The minimum atomic E-state index is 0. The van der Waals surface area contributed by atoms with Gasteiger partial charge in [-0.3, -0.25) is 4.99 Å². The lowest BCUT2D eigenvalue weighted by Gasteiger charge is -2.20. The second-order valence-electron chi connectivity index (χ2n) is 6.62. The molecule has 0 saturated carbocycles. The summed E-state index contributed by atoms with van der Waals surface area (Å²) in [6, 6.07) is 13.3. The lowest BCUT2D eigenvalue weighted by atomic mass is 10.1. The molecule has 0 amide bonds. The van der Waals surface area contributed by atoms with Crippen molar-refractivity contribution in [1.82, 2.24) is 10.6 Å². The Kier molecular flexibility index (Phi) is 12.0. The molecule has 0 aliphatic carbocycles. The van der Waals surface area contributed by atoms with Gasteiger partial charge >= 0.3 is 0 Å². The molecule has 166 valence electrons. The maximum absolute atomic E-state index is 9.58. The van der Waals surface area contributed by atoms with E-state index in [9.17, 15) is 5.11 Å². The lowest BCUT2D eigenvalue weighted by molar-refractivity contribution is 0.287. The summed E-state index contributed by atoms with van der Waals surface area (Å²) in [7, 11) is 0. The molecule has 2 rings (SSSR count). The van der Waals surface area contributed by atoms with E-state index in [1.54, 1.807) is 12.1 Å². The molecule has 0 aromatic heterocycles. The van der Waals surface area contributed by atoms with E-state index in [0.29, 0.717) is 19.8 Å². The average molecular weight is 527 g/mol. The van der Waals surface area contributed by atoms with Crippen LogP contribution in [0.15, 0.2) is 47.5 Å². The summed E-state index contributed by atoms with van der Waals surface area (Å²) < 4.78 is 11.4. The Bertz CT molecular complexity index is 799. The van der Waals surface area contributed by atoms with Crippen LogP contribution in [0.5, 0.6) is 17.2 Å². The highest BCUT2D eigenvalue weighted by Gasteiger charge is 2.12. The number of guanidine groups is 1. The van der Waals surface area contributed by atoms with Crippen LogP contribution < -0.4 is 20.1 Å². The molecule has 30 heavy (non-hydrogen) atoms. The molecule has 0 saturated heterocycles. The molecule has 0 aliphatic heterocycles. The number of aliphatic imine (C=N–C) groups is 1. The van der Waals surface area contributed by atoms with Crippen LogP contribution in [0.3, 0.4) is 0 Å². The summed E-state index contributed by atoms with van der Waals surface area (Å²) in [6.45, 7) is 10.6. The first-order chi connectivity index (χ1) is 14.1. The second kappa shape index (κ2) is 14.0. The number of phenols is 1. The number of hydrogen-bond donors (Lipinski definition) is 3. The Morgan fingerprint density at radius 1 is 1.03 bits per heavy atom. The van der Waals surface area contributed by atoms with Gasteiger partial charge in [0.25, 0.3) is 0 Å². The molecular formula is C23H34IN3O3. The fraction of sp³-hybridized carbons (Fsp3) is 0.435. The Labute approximate surface area is 197 Å². The smallest absolute Gasteiger partial charge is 0.191 e. The molecule has 3 N–H and O–H groups in total. The molecule has 7 heteroatoms. The first kappa shape index (κ1) is 25.9. The maximum atomic E-state index is 9.58. The highest BCUT2D eigenvalue weighted by Crippen LogP contribution is 2.30. The minimum absolute atomic E-state index is 0. The average Bonchev–Trinajstić information content (AvgIpc) is 2.70. The number of benzene rings is 2. The van der Waals surface area contributed by atoms with Crippen LogP contribution in [0.2, 0.25) is 0 Å². The number of ether oxygens (including phenoxy) is 2. The van der Waals surface area contributed by atoms with E-state index in [-0.39, 0.29) is 35.8 Å². The Morgan fingerprint density at radius 3 is 2.43 bits per heavy atom. The van der Waals surface area contributed by atoms with Gasteiger partial charge < -0.3 is 25.2 Å². The van der Waals surface area contributed by atoms with Gasteiger partial charge in [-0.05, 0) is 69.5 Å². The van der Waals surface area contributed by atoms with E-state index in [2.05, 4.69) is 22.5 Å². The van der Waals surface area contributed by atoms with Crippen molar-refractivity contribution in [3.63, 3.8) is 0 Å². The molecule has 1 unspecified atom stereocenters. The van der Waals surface area contributed by atoms with Gasteiger partial charge in [-0.1, -0.05) is 18.2 Å². The van der Waals surface area contributed by atoms with Gasteiger partial charge in [0.2, 0.25) is 0 Å². The number of phenolic OH excluding ortho intramolecular Hbond substituents is 1. The standard InChI is InChI=1S/C23H33N3O3.HI/c1-5-24-23(25-14-13-18-9-8-10-20(27)15-18)26-17(4)19-11-12-21(28-6-2)22(16-19)29-7-3;/h8-12,15-17,27H,5-7,13-14H2,1-4H3,(H2,24,25,26);1H. The van der Waals surface area contributed by atoms with E-state index in [1.807, 2.05) is 51.1 Å². The van der Waals surface area contributed by atoms with Crippen LogP contribution >= 0.6 is 24.0 Å². The zero-order valence-electron chi connectivity index (χ0n) is 18.3. The van der Waals surface area contributed by atoms with Crippen LogP contribution in [0.4, 0.5) is 0 Å². The summed E-state index contributed by atoms with van der Waals surface area (Å²) in [4.78, 5) is 4.67. The zero-order valence-corrected chi connectivity index (χ0v) is 20.6. The van der Waals surface area contributed by atoms with Crippen molar-refractivity contribution in [2.24, 2.45) is 4.99 Å².